The van der Waals surface area contributed by atoms with Crippen molar-refractivity contribution >= 4 is 0 Å². The molecule has 1 fully saturated rings. The maximum Gasteiger partial charge on any atom is 0.248 e. The Labute approximate surface area is 105 Å². The maximum absolute atomic E-state index is 13.4. The lowest BCUT2D eigenvalue weighted by molar-refractivity contribution is 0.00340. The molecule has 1 saturated carbocycles. The van der Waals surface area contributed by atoms with E-state index in [1.807, 2.05) is 13.0 Å². The van der Waals surface area contributed by atoms with E-state index in [9.17, 15) is 13.2 Å². The van der Waals surface area contributed by atoms with E-state index >= 15 is 0 Å². The second-order valence-corrected chi connectivity index (χ2v) is 5.19. The van der Waals surface area contributed by atoms with Gasteiger partial charge in [0.05, 0.1) is 0 Å². The van der Waals surface area contributed by atoms with Crippen LogP contribution in [0.5, 0.6) is 0 Å². The second-order valence-electron chi connectivity index (χ2n) is 5.19. The number of aryl methyl sites for hydroxylation is 1. The lowest BCUT2D eigenvalue weighted by atomic mass is 9.91. The first kappa shape index (κ1) is 13.4. The largest absolute Gasteiger partial charge is 0.313 e. The van der Waals surface area contributed by atoms with E-state index in [-0.39, 0.29) is 30.6 Å². The van der Waals surface area contributed by atoms with Gasteiger partial charge >= 0.3 is 0 Å². The van der Waals surface area contributed by atoms with Gasteiger partial charge in [-0.05, 0) is 49.6 Å². The van der Waals surface area contributed by atoms with Gasteiger partial charge in [-0.15, -0.1) is 0 Å². The predicted molar refractivity (Wildman–Crippen MR) is 65.2 cm³/mol. The molecular weight excluding hydrogens is 239 g/mol. The molecule has 1 aromatic rings. The SMILES string of the molecule is CNC(c1cc(C)cc(F)c1)C1CCC(F)(F)C1. The van der Waals surface area contributed by atoms with Crippen LogP contribution < -0.4 is 5.32 Å². The lowest BCUT2D eigenvalue weighted by Gasteiger charge is -2.24. The molecule has 18 heavy (non-hydrogen) atoms. The van der Waals surface area contributed by atoms with Crippen LogP contribution in [-0.4, -0.2) is 13.0 Å². The number of nitrogens with one attached hydrogen (secondary N) is 1. The molecular formula is C14H18F3N. The first-order valence-electron chi connectivity index (χ1n) is 6.23. The average Bonchev–Trinajstić information content (AvgIpc) is 2.58. The fraction of sp³-hybridized carbons (Fsp3) is 0.571. The highest BCUT2D eigenvalue weighted by atomic mass is 19.3. The molecule has 1 aliphatic rings. The molecule has 0 radical (unpaired) electrons. The van der Waals surface area contributed by atoms with Gasteiger partial charge in [0.2, 0.25) is 5.92 Å². The summed E-state index contributed by atoms with van der Waals surface area (Å²) in [5, 5.41) is 3.05. The normalized spacial score (nSPS) is 24.2. The fourth-order valence-electron chi connectivity index (χ4n) is 2.89. The van der Waals surface area contributed by atoms with Gasteiger partial charge in [0.25, 0.3) is 0 Å². The van der Waals surface area contributed by atoms with Gasteiger partial charge in [0, 0.05) is 18.9 Å². The molecule has 1 nitrogen and oxygen atoms in total. The first-order valence-corrected chi connectivity index (χ1v) is 6.23. The van der Waals surface area contributed by atoms with Crippen LogP contribution in [0, 0.1) is 18.7 Å². The van der Waals surface area contributed by atoms with Crippen molar-refractivity contribution in [3.8, 4) is 0 Å². The Bertz CT molecular complexity index is 411. The Morgan fingerprint density at radius 3 is 2.56 bits per heavy atom. The number of rotatable bonds is 3. The molecule has 0 heterocycles. The van der Waals surface area contributed by atoms with E-state index in [1.54, 1.807) is 7.05 Å². The third-order valence-electron chi connectivity index (χ3n) is 3.65. The number of alkyl halides is 2. The third-order valence-corrected chi connectivity index (χ3v) is 3.65. The summed E-state index contributed by atoms with van der Waals surface area (Å²) in [5.41, 5.74) is 1.58. The summed E-state index contributed by atoms with van der Waals surface area (Å²) in [6.45, 7) is 1.81. The molecule has 0 saturated heterocycles. The summed E-state index contributed by atoms with van der Waals surface area (Å²) in [6.07, 6.45) is 0.298. The van der Waals surface area contributed by atoms with Crippen molar-refractivity contribution in [3.05, 3.63) is 35.1 Å². The van der Waals surface area contributed by atoms with Crippen LogP contribution in [0.25, 0.3) is 0 Å². The molecule has 1 aliphatic carbocycles. The van der Waals surface area contributed by atoms with Gasteiger partial charge in [-0.2, -0.15) is 0 Å². The van der Waals surface area contributed by atoms with Crippen LogP contribution >= 0.6 is 0 Å². The van der Waals surface area contributed by atoms with Crippen LogP contribution in [0.15, 0.2) is 18.2 Å². The molecule has 2 unspecified atom stereocenters. The van der Waals surface area contributed by atoms with Gasteiger partial charge in [0.1, 0.15) is 5.82 Å². The third kappa shape index (κ3) is 2.86. The second kappa shape index (κ2) is 4.92. The van der Waals surface area contributed by atoms with Crippen molar-refractivity contribution < 1.29 is 13.2 Å². The van der Waals surface area contributed by atoms with Crippen LogP contribution in [0.2, 0.25) is 0 Å². The van der Waals surface area contributed by atoms with E-state index in [0.29, 0.717) is 6.42 Å². The number of benzene rings is 1. The van der Waals surface area contributed by atoms with E-state index in [0.717, 1.165) is 11.1 Å². The van der Waals surface area contributed by atoms with Crippen molar-refractivity contribution in [2.75, 3.05) is 7.05 Å². The van der Waals surface area contributed by atoms with Crippen molar-refractivity contribution in [2.24, 2.45) is 5.92 Å². The minimum Gasteiger partial charge on any atom is -0.313 e. The van der Waals surface area contributed by atoms with E-state index in [2.05, 4.69) is 5.32 Å². The molecule has 0 bridgehead atoms. The topological polar surface area (TPSA) is 12.0 Å². The fourth-order valence-corrected chi connectivity index (χ4v) is 2.89. The molecule has 0 amide bonds. The summed E-state index contributed by atoms with van der Waals surface area (Å²) in [5.74, 6) is -3.01. The Morgan fingerprint density at radius 1 is 1.33 bits per heavy atom. The average molecular weight is 257 g/mol. The monoisotopic (exact) mass is 257 g/mol. The molecule has 2 rings (SSSR count). The molecule has 1 aromatic carbocycles. The number of hydrogen-bond donors (Lipinski definition) is 1. The molecule has 0 aromatic heterocycles. The maximum atomic E-state index is 13.4. The molecule has 2 atom stereocenters. The Kier molecular flexibility index (Phi) is 3.66. The quantitative estimate of drug-likeness (QED) is 0.867. The minimum atomic E-state index is -2.57. The molecule has 100 valence electrons. The summed E-state index contributed by atoms with van der Waals surface area (Å²) in [4.78, 5) is 0. The lowest BCUT2D eigenvalue weighted by Crippen LogP contribution is -2.25. The van der Waals surface area contributed by atoms with Crippen molar-refractivity contribution in [1.82, 2.24) is 5.32 Å². The standard InChI is InChI=1S/C14H18F3N/c1-9-5-11(7-12(15)6-9)13(18-2)10-3-4-14(16,17)8-10/h5-7,10,13,18H,3-4,8H2,1-2H3. The molecule has 4 heteroatoms. The van der Waals surface area contributed by atoms with Crippen molar-refractivity contribution in [3.63, 3.8) is 0 Å². The zero-order chi connectivity index (χ0) is 13.3. The molecule has 0 spiro atoms. The summed E-state index contributed by atoms with van der Waals surface area (Å²) in [6, 6.07) is 4.54. The zero-order valence-electron chi connectivity index (χ0n) is 10.6. The molecule has 1 N–H and O–H groups in total. The van der Waals surface area contributed by atoms with E-state index in [4.69, 9.17) is 0 Å². The van der Waals surface area contributed by atoms with Gasteiger partial charge in [-0.25, -0.2) is 13.2 Å². The highest BCUT2D eigenvalue weighted by molar-refractivity contribution is 5.27. The van der Waals surface area contributed by atoms with Crippen molar-refractivity contribution in [2.45, 2.75) is 38.2 Å². The predicted octanol–water partition coefficient (Wildman–Crippen LogP) is 3.83. The zero-order valence-corrected chi connectivity index (χ0v) is 10.6. The Balaban J connectivity index is 2.23. The number of halogens is 3. The summed E-state index contributed by atoms with van der Waals surface area (Å²) in [7, 11) is 1.74. The van der Waals surface area contributed by atoms with Gasteiger partial charge in [0.15, 0.2) is 0 Å². The highest BCUT2D eigenvalue weighted by Gasteiger charge is 2.42. The minimum absolute atomic E-state index is 0.0653. The summed E-state index contributed by atoms with van der Waals surface area (Å²) < 4.78 is 39.9. The van der Waals surface area contributed by atoms with Crippen LogP contribution in [-0.2, 0) is 0 Å². The Hall–Kier alpha value is -1.03. The van der Waals surface area contributed by atoms with Crippen LogP contribution in [0.3, 0.4) is 0 Å². The van der Waals surface area contributed by atoms with Gasteiger partial charge in [-0.1, -0.05) is 6.07 Å². The van der Waals surface area contributed by atoms with Crippen LogP contribution in [0.1, 0.15) is 36.4 Å². The Morgan fingerprint density at radius 2 is 2.06 bits per heavy atom. The van der Waals surface area contributed by atoms with E-state index < -0.39 is 5.92 Å². The van der Waals surface area contributed by atoms with Crippen molar-refractivity contribution in [1.29, 1.82) is 0 Å². The van der Waals surface area contributed by atoms with Gasteiger partial charge in [-0.3, -0.25) is 0 Å². The van der Waals surface area contributed by atoms with Gasteiger partial charge < -0.3 is 5.32 Å². The first-order chi connectivity index (χ1) is 8.41. The smallest absolute Gasteiger partial charge is 0.248 e. The highest BCUT2D eigenvalue weighted by Crippen LogP contribution is 2.44. The summed E-state index contributed by atoms with van der Waals surface area (Å²) >= 11 is 0. The number of hydrogen-bond acceptors (Lipinski definition) is 1. The molecule has 0 aliphatic heterocycles. The van der Waals surface area contributed by atoms with E-state index in [1.165, 1.54) is 12.1 Å². The van der Waals surface area contributed by atoms with Crippen LogP contribution in [0.4, 0.5) is 13.2 Å².